The normalized spacial score (nSPS) is 32.8. The smallest absolute Gasteiger partial charge is 0.257 e. The minimum absolute atomic E-state index is 0.0235. The van der Waals surface area contributed by atoms with Gasteiger partial charge in [-0.2, -0.15) is 0 Å². The van der Waals surface area contributed by atoms with E-state index in [1.165, 1.54) is 6.42 Å². The quantitative estimate of drug-likeness (QED) is 0.794. The second-order valence-electron chi connectivity index (χ2n) is 7.45. The Balaban J connectivity index is 1.58. The Morgan fingerprint density at radius 1 is 1.09 bits per heavy atom. The molecule has 2 saturated carbocycles. The first kappa shape index (κ1) is 15.2. The van der Waals surface area contributed by atoms with Crippen LogP contribution in [0.3, 0.4) is 0 Å². The molecule has 23 heavy (non-hydrogen) atoms. The van der Waals surface area contributed by atoms with Crippen molar-refractivity contribution in [3.05, 3.63) is 35.9 Å². The monoisotopic (exact) mass is 314 g/mol. The zero-order chi connectivity index (χ0) is 15.9. The zero-order valence-electron chi connectivity index (χ0n) is 13.5. The average Bonchev–Trinajstić information content (AvgIpc) is 3.04. The summed E-state index contributed by atoms with van der Waals surface area (Å²) in [6.45, 7) is 1.98. The highest BCUT2D eigenvalue weighted by Gasteiger charge is 2.56. The molecule has 3 N–H and O–H groups in total. The van der Waals surface area contributed by atoms with Crippen molar-refractivity contribution in [2.75, 3.05) is 13.1 Å². The number of hydrogen-bond donors (Lipinski definition) is 3. The van der Waals surface area contributed by atoms with Gasteiger partial charge >= 0.3 is 0 Å². The molecule has 0 spiro atoms. The fraction of sp³-hybridized carbons (Fsp3) is 0.632. The SMILES string of the molecule is O=C(NC1C2CNC[C@@H]21)C(O)(c1ccccc1)C1CCCCC1. The Morgan fingerprint density at radius 3 is 2.39 bits per heavy atom. The summed E-state index contributed by atoms with van der Waals surface area (Å²) in [5, 5.41) is 18.0. The molecule has 0 aromatic heterocycles. The number of carbonyl (C=O) groups is 1. The third kappa shape index (κ3) is 2.58. The zero-order valence-corrected chi connectivity index (χ0v) is 13.5. The highest BCUT2D eigenvalue weighted by atomic mass is 16.3. The predicted octanol–water partition coefficient (Wildman–Crippen LogP) is 1.79. The van der Waals surface area contributed by atoms with Gasteiger partial charge in [0.2, 0.25) is 0 Å². The molecule has 1 saturated heterocycles. The number of aliphatic hydroxyl groups is 1. The summed E-state index contributed by atoms with van der Waals surface area (Å²) in [4.78, 5) is 13.1. The van der Waals surface area contributed by atoms with Crippen LogP contribution in [-0.4, -0.2) is 30.1 Å². The molecular weight excluding hydrogens is 288 g/mol. The Labute approximate surface area is 137 Å². The lowest BCUT2D eigenvalue weighted by atomic mass is 9.73. The number of fused-ring (bicyclic) bond motifs is 1. The lowest BCUT2D eigenvalue weighted by Crippen LogP contribution is -2.51. The lowest BCUT2D eigenvalue weighted by molar-refractivity contribution is -0.149. The Bertz CT molecular complexity index is 560. The van der Waals surface area contributed by atoms with Crippen LogP contribution < -0.4 is 10.6 Å². The van der Waals surface area contributed by atoms with Crippen LogP contribution in [0.2, 0.25) is 0 Å². The van der Waals surface area contributed by atoms with Gasteiger partial charge in [-0.1, -0.05) is 49.6 Å². The number of amides is 1. The van der Waals surface area contributed by atoms with Gasteiger partial charge in [-0.25, -0.2) is 0 Å². The van der Waals surface area contributed by atoms with Gasteiger partial charge in [0, 0.05) is 25.0 Å². The molecule has 4 atom stereocenters. The standard InChI is InChI=1S/C19H26N2O2/c22-18(21-17-15-11-20-12-16(15)17)19(23,13-7-3-1-4-8-13)14-9-5-2-6-10-14/h1,3-4,7-8,14-17,20,23H,2,5-6,9-12H2,(H,21,22)/t15-,16?,17?,19?/m0/s1. The number of benzene rings is 1. The van der Waals surface area contributed by atoms with Crippen LogP contribution in [0, 0.1) is 17.8 Å². The molecule has 0 radical (unpaired) electrons. The van der Waals surface area contributed by atoms with Crippen molar-refractivity contribution in [3.8, 4) is 0 Å². The van der Waals surface area contributed by atoms with Crippen LogP contribution in [-0.2, 0) is 10.4 Å². The molecular formula is C19H26N2O2. The van der Waals surface area contributed by atoms with Crippen LogP contribution in [0.4, 0.5) is 0 Å². The maximum Gasteiger partial charge on any atom is 0.257 e. The molecule has 2 aliphatic carbocycles. The fourth-order valence-corrected chi connectivity index (χ4v) is 4.66. The van der Waals surface area contributed by atoms with E-state index in [0.717, 1.165) is 44.3 Å². The second kappa shape index (κ2) is 5.91. The van der Waals surface area contributed by atoms with Gasteiger partial charge in [-0.05, 0) is 30.2 Å². The van der Waals surface area contributed by atoms with Gasteiger partial charge in [0.1, 0.15) is 0 Å². The maximum atomic E-state index is 13.1. The third-order valence-corrected chi connectivity index (χ3v) is 6.15. The molecule has 1 aromatic carbocycles. The van der Waals surface area contributed by atoms with Crippen LogP contribution in [0.5, 0.6) is 0 Å². The number of nitrogens with one attached hydrogen (secondary N) is 2. The largest absolute Gasteiger partial charge is 0.375 e. The molecule has 3 unspecified atom stereocenters. The lowest BCUT2D eigenvalue weighted by Gasteiger charge is -2.37. The second-order valence-corrected chi connectivity index (χ2v) is 7.45. The minimum atomic E-state index is -1.38. The summed E-state index contributed by atoms with van der Waals surface area (Å²) >= 11 is 0. The molecule has 4 heteroatoms. The van der Waals surface area contributed by atoms with Crippen molar-refractivity contribution in [2.24, 2.45) is 17.8 Å². The summed E-state index contributed by atoms with van der Waals surface area (Å²) in [5.41, 5.74) is -0.639. The van der Waals surface area contributed by atoms with Crippen molar-refractivity contribution >= 4 is 5.91 Å². The topological polar surface area (TPSA) is 61.4 Å². The number of hydrogen-bond acceptors (Lipinski definition) is 3. The summed E-state index contributed by atoms with van der Waals surface area (Å²) in [7, 11) is 0. The molecule has 1 amide bonds. The Hall–Kier alpha value is -1.39. The average molecular weight is 314 g/mol. The molecule has 3 aliphatic rings. The van der Waals surface area contributed by atoms with Crippen molar-refractivity contribution in [2.45, 2.75) is 43.7 Å². The van der Waals surface area contributed by atoms with Gasteiger partial charge in [-0.3, -0.25) is 4.79 Å². The first-order valence-electron chi connectivity index (χ1n) is 9.01. The summed E-state index contributed by atoms with van der Waals surface area (Å²) < 4.78 is 0. The van der Waals surface area contributed by atoms with Crippen LogP contribution in [0.15, 0.2) is 30.3 Å². The number of piperidine rings is 1. The Morgan fingerprint density at radius 2 is 1.74 bits per heavy atom. The van der Waals surface area contributed by atoms with E-state index in [9.17, 15) is 9.90 Å². The number of rotatable bonds is 4. The molecule has 124 valence electrons. The van der Waals surface area contributed by atoms with E-state index >= 15 is 0 Å². The van der Waals surface area contributed by atoms with E-state index < -0.39 is 5.60 Å². The van der Waals surface area contributed by atoms with Crippen LogP contribution in [0.25, 0.3) is 0 Å². The third-order valence-electron chi connectivity index (χ3n) is 6.15. The van der Waals surface area contributed by atoms with Gasteiger partial charge in [-0.15, -0.1) is 0 Å². The van der Waals surface area contributed by atoms with Gasteiger partial charge in [0.25, 0.3) is 5.91 Å². The molecule has 4 nitrogen and oxygen atoms in total. The van der Waals surface area contributed by atoms with E-state index in [1.54, 1.807) is 0 Å². The van der Waals surface area contributed by atoms with Crippen molar-refractivity contribution in [1.82, 2.24) is 10.6 Å². The molecule has 1 heterocycles. The maximum absolute atomic E-state index is 13.1. The van der Waals surface area contributed by atoms with E-state index in [0.29, 0.717) is 11.8 Å². The first-order chi connectivity index (χ1) is 11.2. The predicted molar refractivity (Wildman–Crippen MR) is 88.7 cm³/mol. The highest BCUT2D eigenvalue weighted by molar-refractivity contribution is 5.87. The van der Waals surface area contributed by atoms with Gasteiger partial charge in [0.15, 0.2) is 5.60 Å². The van der Waals surface area contributed by atoms with Gasteiger partial charge < -0.3 is 15.7 Å². The molecule has 1 aliphatic heterocycles. The van der Waals surface area contributed by atoms with E-state index in [4.69, 9.17) is 0 Å². The minimum Gasteiger partial charge on any atom is -0.375 e. The van der Waals surface area contributed by atoms with E-state index in [-0.39, 0.29) is 17.9 Å². The number of carbonyl (C=O) groups excluding carboxylic acids is 1. The van der Waals surface area contributed by atoms with Gasteiger partial charge in [0.05, 0.1) is 0 Å². The fourth-order valence-electron chi connectivity index (χ4n) is 4.66. The molecule has 0 bridgehead atoms. The Kier molecular flexibility index (Phi) is 3.90. The summed E-state index contributed by atoms with van der Waals surface area (Å²) in [5.74, 6) is 0.959. The van der Waals surface area contributed by atoms with E-state index in [1.807, 2.05) is 30.3 Å². The van der Waals surface area contributed by atoms with E-state index in [2.05, 4.69) is 10.6 Å². The van der Waals surface area contributed by atoms with Crippen molar-refractivity contribution in [3.63, 3.8) is 0 Å². The van der Waals surface area contributed by atoms with Crippen molar-refractivity contribution in [1.29, 1.82) is 0 Å². The molecule has 1 aromatic rings. The first-order valence-corrected chi connectivity index (χ1v) is 9.01. The van der Waals surface area contributed by atoms with Crippen LogP contribution >= 0.6 is 0 Å². The highest BCUT2D eigenvalue weighted by Crippen LogP contribution is 2.44. The van der Waals surface area contributed by atoms with Crippen LogP contribution in [0.1, 0.15) is 37.7 Å². The van der Waals surface area contributed by atoms with Crippen molar-refractivity contribution < 1.29 is 9.90 Å². The summed E-state index contributed by atoms with van der Waals surface area (Å²) in [6.07, 6.45) is 5.27. The molecule has 3 fully saturated rings. The molecule has 4 rings (SSSR count). The summed E-state index contributed by atoms with van der Waals surface area (Å²) in [6, 6.07) is 9.79.